The summed E-state index contributed by atoms with van der Waals surface area (Å²) < 4.78 is 6.78. The van der Waals surface area contributed by atoms with Crippen LogP contribution in [0.5, 0.6) is 0 Å². The lowest BCUT2D eigenvalue weighted by Gasteiger charge is -2.37. The van der Waals surface area contributed by atoms with Gasteiger partial charge >= 0.3 is 0 Å². The van der Waals surface area contributed by atoms with Gasteiger partial charge in [0, 0.05) is 6.92 Å². The monoisotopic (exact) mass is 209 g/mol. The predicted octanol–water partition coefficient (Wildman–Crippen LogP) is 2.42. The molecular formula is C12H21N2O+. The van der Waals surface area contributed by atoms with Crippen LogP contribution < -0.4 is 0 Å². The zero-order valence-corrected chi connectivity index (χ0v) is 10.0. The number of oxazole rings is 1. The molecule has 0 saturated carbocycles. The lowest BCUT2D eigenvalue weighted by atomic mass is 10.1. The standard InChI is InChI=1S/C12H21N2O/c1-10-12(15-11(2)13-10)9-14(3)7-5-4-6-8-14/h4-9H2,1-3H3/q+1. The van der Waals surface area contributed by atoms with E-state index in [-0.39, 0.29) is 0 Å². The van der Waals surface area contributed by atoms with Crippen molar-refractivity contribution < 1.29 is 8.90 Å². The minimum absolute atomic E-state index is 0.797. The Balaban J connectivity index is 2.09. The number of hydrogen-bond donors (Lipinski definition) is 0. The number of hydrogen-bond acceptors (Lipinski definition) is 2. The molecule has 1 aromatic rings. The largest absolute Gasteiger partial charge is 0.440 e. The molecule has 0 unspecified atom stereocenters. The van der Waals surface area contributed by atoms with Crippen LogP contribution in [0.2, 0.25) is 0 Å². The Morgan fingerprint density at radius 2 is 1.87 bits per heavy atom. The lowest BCUT2D eigenvalue weighted by Crippen LogP contribution is -2.47. The average molecular weight is 209 g/mol. The summed E-state index contributed by atoms with van der Waals surface area (Å²) in [6.07, 6.45) is 4.09. The molecule has 15 heavy (non-hydrogen) atoms. The summed E-state index contributed by atoms with van der Waals surface area (Å²) in [5, 5.41) is 0. The van der Waals surface area contributed by atoms with E-state index in [0.29, 0.717) is 0 Å². The molecule has 1 aromatic heterocycles. The topological polar surface area (TPSA) is 26.0 Å². The Kier molecular flexibility index (Phi) is 2.83. The smallest absolute Gasteiger partial charge is 0.191 e. The molecule has 0 N–H and O–H groups in total. The Hall–Kier alpha value is -0.830. The normalized spacial score (nSPS) is 20.5. The van der Waals surface area contributed by atoms with E-state index in [9.17, 15) is 0 Å². The first-order chi connectivity index (χ1) is 7.09. The summed E-state index contributed by atoms with van der Waals surface area (Å²) in [5.74, 6) is 1.88. The van der Waals surface area contributed by atoms with Crippen molar-refractivity contribution in [2.75, 3.05) is 20.1 Å². The zero-order chi connectivity index (χ0) is 10.9. The molecule has 0 atom stereocenters. The van der Waals surface area contributed by atoms with Crippen LogP contribution in [0.1, 0.15) is 36.6 Å². The molecule has 1 aliphatic heterocycles. The molecule has 0 aliphatic carbocycles. The first-order valence-electron chi connectivity index (χ1n) is 5.85. The zero-order valence-electron chi connectivity index (χ0n) is 10.0. The highest BCUT2D eigenvalue weighted by Crippen LogP contribution is 2.22. The van der Waals surface area contributed by atoms with E-state index in [1.807, 2.05) is 13.8 Å². The SMILES string of the molecule is Cc1nc(C)c(C[N+]2(C)CCCCC2)o1. The van der Waals surface area contributed by atoms with Crippen LogP contribution in [-0.4, -0.2) is 29.6 Å². The van der Waals surface area contributed by atoms with Gasteiger partial charge in [0.25, 0.3) is 0 Å². The van der Waals surface area contributed by atoms with Gasteiger partial charge in [-0.05, 0) is 26.2 Å². The third kappa shape index (κ3) is 2.40. The maximum atomic E-state index is 5.66. The Morgan fingerprint density at radius 3 is 2.40 bits per heavy atom. The fraction of sp³-hybridized carbons (Fsp3) is 0.750. The number of aromatic nitrogens is 1. The van der Waals surface area contributed by atoms with E-state index in [2.05, 4.69) is 12.0 Å². The number of quaternary nitrogens is 1. The van der Waals surface area contributed by atoms with Crippen LogP contribution in [-0.2, 0) is 6.54 Å². The van der Waals surface area contributed by atoms with Crippen LogP contribution >= 0.6 is 0 Å². The van der Waals surface area contributed by atoms with Gasteiger partial charge in [-0.2, -0.15) is 0 Å². The first kappa shape index (κ1) is 10.7. The molecule has 2 heterocycles. The van der Waals surface area contributed by atoms with Gasteiger partial charge in [-0.1, -0.05) is 0 Å². The quantitative estimate of drug-likeness (QED) is 0.699. The van der Waals surface area contributed by atoms with Crippen LogP contribution in [0.25, 0.3) is 0 Å². The second kappa shape index (κ2) is 3.97. The molecule has 84 valence electrons. The Morgan fingerprint density at radius 1 is 1.20 bits per heavy atom. The summed E-state index contributed by atoms with van der Waals surface area (Å²) in [4.78, 5) is 4.33. The van der Waals surface area contributed by atoms with Crippen molar-refractivity contribution in [1.29, 1.82) is 0 Å². The second-order valence-corrected chi connectivity index (χ2v) is 5.03. The van der Waals surface area contributed by atoms with Gasteiger partial charge in [-0.3, -0.25) is 0 Å². The fourth-order valence-electron chi connectivity index (χ4n) is 2.50. The van der Waals surface area contributed by atoms with E-state index in [1.165, 1.54) is 32.4 Å². The molecule has 0 amide bonds. The van der Waals surface area contributed by atoms with E-state index in [4.69, 9.17) is 4.42 Å². The lowest BCUT2D eigenvalue weighted by molar-refractivity contribution is -0.927. The van der Waals surface area contributed by atoms with Gasteiger partial charge in [-0.25, -0.2) is 4.98 Å². The van der Waals surface area contributed by atoms with Gasteiger partial charge in [0.15, 0.2) is 11.7 Å². The van der Waals surface area contributed by atoms with Crippen molar-refractivity contribution in [1.82, 2.24) is 4.98 Å². The molecule has 3 heteroatoms. The molecular weight excluding hydrogens is 188 g/mol. The summed E-state index contributed by atoms with van der Waals surface area (Å²) >= 11 is 0. The number of aryl methyl sites for hydroxylation is 2. The summed E-state index contributed by atoms with van der Waals surface area (Å²) in [7, 11) is 2.33. The van der Waals surface area contributed by atoms with Crippen molar-refractivity contribution in [2.45, 2.75) is 39.7 Å². The molecule has 0 aromatic carbocycles. The van der Waals surface area contributed by atoms with Gasteiger partial charge < -0.3 is 8.90 Å². The maximum absolute atomic E-state index is 5.66. The van der Waals surface area contributed by atoms with Crippen molar-refractivity contribution in [2.24, 2.45) is 0 Å². The Bertz CT molecular complexity index is 337. The maximum Gasteiger partial charge on any atom is 0.191 e. The van der Waals surface area contributed by atoms with Gasteiger partial charge in [0.05, 0.1) is 25.8 Å². The number of rotatable bonds is 2. The van der Waals surface area contributed by atoms with Crippen LogP contribution in [0.3, 0.4) is 0 Å². The van der Waals surface area contributed by atoms with Crippen LogP contribution in [0, 0.1) is 13.8 Å². The summed E-state index contributed by atoms with van der Waals surface area (Å²) in [5.41, 5.74) is 1.07. The molecule has 1 saturated heterocycles. The first-order valence-corrected chi connectivity index (χ1v) is 5.85. The highest BCUT2D eigenvalue weighted by molar-refractivity contribution is 5.05. The number of nitrogens with zero attached hydrogens (tertiary/aromatic N) is 2. The minimum atomic E-state index is 0.797. The third-order valence-electron chi connectivity index (χ3n) is 3.42. The van der Waals surface area contributed by atoms with Gasteiger partial charge in [0.2, 0.25) is 0 Å². The van der Waals surface area contributed by atoms with Crippen molar-refractivity contribution in [3.05, 3.63) is 17.3 Å². The summed E-state index contributed by atoms with van der Waals surface area (Å²) in [6.45, 7) is 7.53. The summed E-state index contributed by atoms with van der Waals surface area (Å²) in [6, 6.07) is 0. The predicted molar refractivity (Wildman–Crippen MR) is 59.5 cm³/mol. The van der Waals surface area contributed by atoms with E-state index in [1.54, 1.807) is 0 Å². The van der Waals surface area contributed by atoms with Gasteiger partial charge in [0.1, 0.15) is 6.54 Å². The van der Waals surface area contributed by atoms with E-state index < -0.39 is 0 Å². The number of likely N-dealkylation sites (tertiary alicyclic amines) is 1. The molecule has 0 bridgehead atoms. The van der Waals surface area contributed by atoms with Crippen molar-refractivity contribution >= 4 is 0 Å². The molecule has 1 aliphatic rings. The van der Waals surface area contributed by atoms with Crippen LogP contribution in [0.15, 0.2) is 4.42 Å². The van der Waals surface area contributed by atoms with Crippen molar-refractivity contribution in [3.63, 3.8) is 0 Å². The van der Waals surface area contributed by atoms with E-state index in [0.717, 1.165) is 28.4 Å². The molecule has 0 spiro atoms. The molecule has 3 nitrogen and oxygen atoms in total. The molecule has 0 radical (unpaired) electrons. The van der Waals surface area contributed by atoms with Gasteiger partial charge in [-0.15, -0.1) is 0 Å². The highest BCUT2D eigenvalue weighted by atomic mass is 16.4. The highest BCUT2D eigenvalue weighted by Gasteiger charge is 2.27. The average Bonchev–Trinajstić information content (AvgIpc) is 2.45. The minimum Gasteiger partial charge on any atom is -0.440 e. The molecule has 2 rings (SSSR count). The van der Waals surface area contributed by atoms with Crippen molar-refractivity contribution in [3.8, 4) is 0 Å². The number of piperidine rings is 1. The molecule has 1 fully saturated rings. The third-order valence-corrected chi connectivity index (χ3v) is 3.42. The van der Waals surface area contributed by atoms with E-state index >= 15 is 0 Å². The Labute approximate surface area is 91.7 Å². The second-order valence-electron chi connectivity index (χ2n) is 5.03. The van der Waals surface area contributed by atoms with Crippen LogP contribution in [0.4, 0.5) is 0 Å². The fourth-order valence-corrected chi connectivity index (χ4v) is 2.50.